The first kappa shape index (κ1) is 15.1. The number of anilines is 1. The van der Waals surface area contributed by atoms with Gasteiger partial charge in [0.2, 0.25) is 5.91 Å². The molecule has 2 aromatic carbocycles. The molecule has 124 valence electrons. The van der Waals surface area contributed by atoms with Gasteiger partial charge in [-0.15, -0.1) is 5.10 Å². The molecule has 1 amide bonds. The molecule has 0 atom stereocenters. The maximum absolute atomic E-state index is 12.4. The van der Waals surface area contributed by atoms with Crippen molar-refractivity contribution in [2.24, 2.45) is 7.05 Å². The second kappa shape index (κ2) is 6.20. The third-order valence-corrected chi connectivity index (χ3v) is 3.93. The predicted molar refractivity (Wildman–Crippen MR) is 94.8 cm³/mol. The van der Waals surface area contributed by atoms with Crippen molar-refractivity contribution in [1.29, 1.82) is 0 Å². The van der Waals surface area contributed by atoms with Crippen LogP contribution in [0, 0.1) is 0 Å². The summed E-state index contributed by atoms with van der Waals surface area (Å²) in [5.74, 6) is 0.450. The zero-order valence-corrected chi connectivity index (χ0v) is 13.6. The highest BCUT2D eigenvalue weighted by molar-refractivity contribution is 5.91. The molecule has 0 aliphatic carbocycles. The van der Waals surface area contributed by atoms with Crippen molar-refractivity contribution in [3.05, 3.63) is 60.7 Å². The number of rotatable bonds is 4. The van der Waals surface area contributed by atoms with Gasteiger partial charge in [-0.3, -0.25) is 9.48 Å². The molecule has 2 aromatic heterocycles. The van der Waals surface area contributed by atoms with Gasteiger partial charge in [0.05, 0.1) is 11.2 Å². The Bertz CT molecular complexity index is 1030. The molecular formula is C18H16N6O. The monoisotopic (exact) mass is 332 g/mol. The summed E-state index contributed by atoms with van der Waals surface area (Å²) in [6.45, 7) is 0.0896. The van der Waals surface area contributed by atoms with Gasteiger partial charge < -0.3 is 5.32 Å². The lowest BCUT2D eigenvalue weighted by atomic mass is 10.2. The van der Waals surface area contributed by atoms with Crippen molar-refractivity contribution in [3.63, 3.8) is 0 Å². The smallest absolute Gasteiger partial charge is 0.247 e. The molecule has 0 saturated heterocycles. The van der Waals surface area contributed by atoms with Gasteiger partial charge in [0.1, 0.15) is 17.9 Å². The summed E-state index contributed by atoms with van der Waals surface area (Å²) in [6, 6.07) is 19.2. The largest absolute Gasteiger partial charge is 0.309 e. The number of amides is 1. The summed E-state index contributed by atoms with van der Waals surface area (Å²) in [5, 5.41) is 15.4. The Morgan fingerprint density at radius 2 is 1.84 bits per heavy atom. The molecule has 4 aromatic rings. The first-order chi connectivity index (χ1) is 12.2. The van der Waals surface area contributed by atoms with Crippen molar-refractivity contribution in [3.8, 4) is 11.3 Å². The molecule has 0 bridgehead atoms. The quantitative estimate of drug-likeness (QED) is 0.623. The Balaban J connectivity index is 1.52. The SMILES string of the molecule is Cn1nc(-c2ccccc2)cc1NC(=O)Cn1nnc2ccccc21. The molecule has 0 unspecified atom stereocenters. The minimum Gasteiger partial charge on any atom is -0.309 e. The number of benzene rings is 2. The van der Waals surface area contributed by atoms with Gasteiger partial charge in [0, 0.05) is 18.7 Å². The number of aromatic nitrogens is 5. The van der Waals surface area contributed by atoms with Crippen molar-refractivity contribution in [1.82, 2.24) is 24.8 Å². The van der Waals surface area contributed by atoms with E-state index in [-0.39, 0.29) is 12.5 Å². The molecule has 0 aliphatic rings. The number of para-hydroxylation sites is 1. The average Bonchev–Trinajstić information content (AvgIpc) is 3.20. The second-order valence-corrected chi connectivity index (χ2v) is 5.69. The summed E-state index contributed by atoms with van der Waals surface area (Å²) in [6.07, 6.45) is 0. The Kier molecular flexibility index (Phi) is 3.74. The number of carbonyl (C=O) groups excluding carboxylic acids is 1. The minimum absolute atomic E-state index is 0.0896. The van der Waals surface area contributed by atoms with E-state index in [2.05, 4.69) is 20.7 Å². The molecule has 0 aliphatic heterocycles. The molecular weight excluding hydrogens is 316 g/mol. The Morgan fingerprint density at radius 3 is 2.68 bits per heavy atom. The zero-order valence-electron chi connectivity index (χ0n) is 13.6. The highest BCUT2D eigenvalue weighted by atomic mass is 16.2. The predicted octanol–water partition coefficient (Wildman–Crippen LogP) is 2.47. The lowest BCUT2D eigenvalue weighted by molar-refractivity contribution is -0.116. The van der Waals surface area contributed by atoms with Crippen LogP contribution in [-0.4, -0.2) is 30.7 Å². The Morgan fingerprint density at radius 1 is 1.08 bits per heavy atom. The number of nitrogens with zero attached hydrogens (tertiary/aromatic N) is 5. The number of fused-ring (bicyclic) bond motifs is 1. The molecule has 4 rings (SSSR count). The maximum Gasteiger partial charge on any atom is 0.247 e. The molecule has 25 heavy (non-hydrogen) atoms. The van der Waals surface area contributed by atoms with Crippen molar-refractivity contribution in [2.45, 2.75) is 6.54 Å². The van der Waals surface area contributed by atoms with Gasteiger partial charge in [0.15, 0.2) is 0 Å². The van der Waals surface area contributed by atoms with E-state index in [1.807, 2.05) is 60.7 Å². The number of hydrogen-bond acceptors (Lipinski definition) is 4. The number of hydrogen-bond donors (Lipinski definition) is 1. The van der Waals surface area contributed by atoms with Crippen LogP contribution in [0.15, 0.2) is 60.7 Å². The van der Waals surface area contributed by atoms with Crippen LogP contribution in [0.5, 0.6) is 0 Å². The zero-order chi connectivity index (χ0) is 17.2. The lowest BCUT2D eigenvalue weighted by Crippen LogP contribution is -2.21. The molecule has 7 heteroatoms. The van der Waals surface area contributed by atoms with Crippen LogP contribution in [0.25, 0.3) is 22.3 Å². The molecule has 0 fully saturated rings. The Labute approximate surface area is 143 Å². The van der Waals surface area contributed by atoms with Gasteiger partial charge in [0.25, 0.3) is 0 Å². The number of nitrogens with one attached hydrogen (secondary N) is 1. The fourth-order valence-electron chi connectivity index (χ4n) is 2.69. The van der Waals surface area contributed by atoms with Crippen LogP contribution in [0.4, 0.5) is 5.82 Å². The maximum atomic E-state index is 12.4. The fraction of sp³-hybridized carbons (Fsp3) is 0.111. The third kappa shape index (κ3) is 2.99. The van der Waals surface area contributed by atoms with Gasteiger partial charge in [-0.05, 0) is 12.1 Å². The molecule has 2 heterocycles. The van der Waals surface area contributed by atoms with E-state index in [9.17, 15) is 4.79 Å². The van der Waals surface area contributed by atoms with E-state index in [0.717, 1.165) is 22.3 Å². The highest BCUT2D eigenvalue weighted by Gasteiger charge is 2.12. The highest BCUT2D eigenvalue weighted by Crippen LogP contribution is 2.21. The molecule has 1 N–H and O–H groups in total. The summed E-state index contributed by atoms with van der Waals surface area (Å²) >= 11 is 0. The van der Waals surface area contributed by atoms with Crippen molar-refractivity contribution in [2.75, 3.05) is 5.32 Å². The first-order valence-corrected chi connectivity index (χ1v) is 7.88. The minimum atomic E-state index is -0.182. The normalized spacial score (nSPS) is 10.9. The summed E-state index contributed by atoms with van der Waals surface area (Å²) < 4.78 is 3.23. The molecule has 0 spiro atoms. The van der Waals surface area contributed by atoms with E-state index in [1.165, 1.54) is 0 Å². The summed E-state index contributed by atoms with van der Waals surface area (Å²) in [5.41, 5.74) is 3.40. The average molecular weight is 332 g/mol. The van der Waals surface area contributed by atoms with E-state index in [1.54, 1.807) is 16.4 Å². The van der Waals surface area contributed by atoms with Gasteiger partial charge in [-0.25, -0.2) is 4.68 Å². The fourth-order valence-corrected chi connectivity index (χ4v) is 2.69. The number of aryl methyl sites for hydroxylation is 1. The Hall–Kier alpha value is -3.48. The van der Waals surface area contributed by atoms with Gasteiger partial charge >= 0.3 is 0 Å². The lowest BCUT2D eigenvalue weighted by Gasteiger charge is -2.05. The first-order valence-electron chi connectivity index (χ1n) is 7.88. The topological polar surface area (TPSA) is 77.6 Å². The third-order valence-electron chi connectivity index (χ3n) is 3.93. The van der Waals surface area contributed by atoms with Gasteiger partial charge in [-0.2, -0.15) is 5.10 Å². The second-order valence-electron chi connectivity index (χ2n) is 5.69. The van der Waals surface area contributed by atoms with Crippen LogP contribution in [0.1, 0.15) is 0 Å². The van der Waals surface area contributed by atoms with Crippen molar-refractivity contribution >= 4 is 22.8 Å². The van der Waals surface area contributed by atoms with E-state index < -0.39 is 0 Å². The van der Waals surface area contributed by atoms with Crippen LogP contribution in [-0.2, 0) is 18.4 Å². The van der Waals surface area contributed by atoms with E-state index in [0.29, 0.717) is 5.82 Å². The van der Waals surface area contributed by atoms with Crippen molar-refractivity contribution < 1.29 is 4.79 Å². The van der Waals surface area contributed by atoms with E-state index >= 15 is 0 Å². The van der Waals surface area contributed by atoms with Crippen LogP contribution < -0.4 is 5.32 Å². The summed E-state index contributed by atoms with van der Waals surface area (Å²) in [7, 11) is 1.80. The summed E-state index contributed by atoms with van der Waals surface area (Å²) in [4.78, 5) is 12.4. The molecule has 7 nitrogen and oxygen atoms in total. The molecule has 0 saturated carbocycles. The van der Waals surface area contributed by atoms with Crippen LogP contribution in [0.2, 0.25) is 0 Å². The number of carbonyl (C=O) groups is 1. The van der Waals surface area contributed by atoms with Crippen LogP contribution >= 0.6 is 0 Å². The van der Waals surface area contributed by atoms with Crippen LogP contribution in [0.3, 0.4) is 0 Å². The van der Waals surface area contributed by atoms with E-state index in [4.69, 9.17) is 0 Å². The standard InChI is InChI=1S/C18H16N6O/c1-23-17(11-15(21-23)13-7-3-2-4-8-13)19-18(25)12-24-16-10-6-5-9-14(16)20-22-24/h2-11H,12H2,1H3,(H,19,25). The van der Waals surface area contributed by atoms with Gasteiger partial charge in [-0.1, -0.05) is 47.7 Å². The molecule has 0 radical (unpaired) electrons.